The van der Waals surface area contributed by atoms with E-state index in [0.717, 1.165) is 12.8 Å². The van der Waals surface area contributed by atoms with Crippen LogP contribution in [0, 0.1) is 40.9 Å². The number of ether oxygens (including phenoxy) is 1. The summed E-state index contributed by atoms with van der Waals surface area (Å²) >= 11 is 2.12. The van der Waals surface area contributed by atoms with E-state index >= 15 is 0 Å². The number of carbonyl (C=O) groups excluding carboxylic acids is 2. The summed E-state index contributed by atoms with van der Waals surface area (Å²) in [6, 6.07) is 0. The molecule has 0 bridgehead atoms. The first-order chi connectivity index (χ1) is 12.9. The first kappa shape index (κ1) is 18.4. The Bertz CT molecular complexity index is 755. The molecule has 0 aromatic heterocycles. The fourth-order valence-electron chi connectivity index (χ4n) is 7.93. The Morgan fingerprint density at radius 3 is 2.89 bits per heavy atom. The molecule has 27 heavy (non-hydrogen) atoms. The van der Waals surface area contributed by atoms with Crippen LogP contribution in [0.25, 0.3) is 0 Å². The Kier molecular flexibility index (Phi) is 4.20. The summed E-state index contributed by atoms with van der Waals surface area (Å²) < 4.78 is 6.68. The predicted molar refractivity (Wildman–Crippen MR) is 112 cm³/mol. The Labute approximate surface area is 175 Å². The number of halogens is 1. The molecule has 0 aromatic carbocycles. The van der Waals surface area contributed by atoms with Gasteiger partial charge in [0, 0.05) is 17.8 Å². The number of fused-ring (bicyclic) bond motifs is 7. The third-order valence-corrected chi connectivity index (χ3v) is 9.64. The average molecular weight is 480 g/mol. The quantitative estimate of drug-likeness (QED) is 0.328. The molecule has 3 nitrogen and oxygen atoms in total. The number of carbonyl (C=O) groups is 2. The van der Waals surface area contributed by atoms with Gasteiger partial charge in [-0.1, -0.05) is 41.7 Å². The molecular formula is C23H29IO3. The Hall–Kier alpha value is -0.650. The van der Waals surface area contributed by atoms with Gasteiger partial charge in [-0.15, -0.1) is 0 Å². The highest BCUT2D eigenvalue weighted by Gasteiger charge is 2.76. The number of allylic oxidation sites excluding steroid dienone is 4. The van der Waals surface area contributed by atoms with Crippen molar-refractivity contribution in [3.8, 4) is 0 Å². The van der Waals surface area contributed by atoms with Crippen LogP contribution in [0.1, 0.15) is 52.4 Å². The lowest BCUT2D eigenvalue weighted by Gasteiger charge is -2.57. The number of rotatable bonds is 3. The maximum Gasteiger partial charge on any atom is 0.316 e. The van der Waals surface area contributed by atoms with Crippen molar-refractivity contribution in [2.45, 2.75) is 58.0 Å². The van der Waals surface area contributed by atoms with Crippen LogP contribution in [0.15, 0.2) is 23.8 Å². The summed E-state index contributed by atoms with van der Waals surface area (Å²) in [4.78, 5) is 24.2. The molecule has 0 saturated heterocycles. The highest BCUT2D eigenvalue weighted by Crippen LogP contribution is 2.77. The van der Waals surface area contributed by atoms with Gasteiger partial charge in [0.1, 0.15) is 5.60 Å². The summed E-state index contributed by atoms with van der Waals surface area (Å²) in [5.74, 6) is 3.96. The Morgan fingerprint density at radius 1 is 1.33 bits per heavy atom. The van der Waals surface area contributed by atoms with Gasteiger partial charge in [0.05, 0.1) is 4.43 Å². The fraction of sp³-hybridized carbons (Fsp3) is 0.739. The molecule has 0 radical (unpaired) electrons. The maximum absolute atomic E-state index is 12.3. The van der Waals surface area contributed by atoms with E-state index in [9.17, 15) is 9.59 Å². The monoisotopic (exact) mass is 480 g/mol. The van der Waals surface area contributed by atoms with Crippen LogP contribution in [0.4, 0.5) is 0 Å². The number of esters is 1. The molecule has 0 heterocycles. The van der Waals surface area contributed by atoms with Crippen molar-refractivity contribution in [1.29, 1.82) is 0 Å². The smallest absolute Gasteiger partial charge is 0.316 e. The van der Waals surface area contributed by atoms with Crippen molar-refractivity contribution in [3.05, 3.63) is 23.8 Å². The van der Waals surface area contributed by atoms with Gasteiger partial charge in [-0.25, -0.2) is 0 Å². The van der Waals surface area contributed by atoms with Crippen LogP contribution < -0.4 is 0 Å². The second kappa shape index (κ2) is 6.17. The molecule has 3 fully saturated rings. The molecule has 3 saturated carbocycles. The molecule has 8 atom stereocenters. The molecule has 0 amide bonds. The molecule has 146 valence electrons. The zero-order valence-corrected chi connectivity index (χ0v) is 18.4. The summed E-state index contributed by atoms with van der Waals surface area (Å²) in [7, 11) is 0. The molecule has 5 rings (SSSR count). The average Bonchev–Trinajstić information content (AvgIpc) is 3.43. The lowest BCUT2D eigenvalue weighted by Crippen LogP contribution is -2.56. The van der Waals surface area contributed by atoms with E-state index in [1.807, 2.05) is 6.08 Å². The lowest BCUT2D eigenvalue weighted by atomic mass is 9.49. The molecular weight excluding hydrogens is 451 g/mol. The number of hydrogen-bond donors (Lipinski definition) is 0. The van der Waals surface area contributed by atoms with E-state index in [1.165, 1.54) is 24.8 Å². The van der Waals surface area contributed by atoms with Crippen molar-refractivity contribution in [3.63, 3.8) is 0 Å². The largest absolute Gasteiger partial charge is 0.458 e. The second-order valence-corrected chi connectivity index (χ2v) is 10.4. The second-order valence-electron chi connectivity index (χ2n) is 9.65. The molecule has 4 heteroatoms. The highest BCUT2D eigenvalue weighted by atomic mass is 127. The fourth-order valence-corrected chi connectivity index (χ4v) is 8.08. The maximum atomic E-state index is 12.3. The number of hydrogen-bond acceptors (Lipinski definition) is 3. The first-order valence-electron chi connectivity index (χ1n) is 10.7. The topological polar surface area (TPSA) is 43.4 Å². The van der Waals surface area contributed by atoms with Gasteiger partial charge in [-0.2, -0.15) is 0 Å². The van der Waals surface area contributed by atoms with Gasteiger partial charge in [-0.05, 0) is 80.3 Å². The third-order valence-electron chi connectivity index (χ3n) is 9.02. The number of alkyl halides is 1. The van der Waals surface area contributed by atoms with Crippen LogP contribution in [-0.2, 0) is 14.3 Å². The SMILES string of the molecule is CCC12CCC3C4CCC(=O)C=C4C=CC3C1C1CC1[C@]2(C)OC(=O)CI. The van der Waals surface area contributed by atoms with Crippen molar-refractivity contribution in [2.24, 2.45) is 40.9 Å². The van der Waals surface area contributed by atoms with Gasteiger partial charge in [0.2, 0.25) is 0 Å². The Balaban J connectivity index is 1.53. The summed E-state index contributed by atoms with van der Waals surface area (Å²) in [6.07, 6.45) is 13.0. The first-order valence-corrected chi connectivity index (χ1v) is 12.2. The van der Waals surface area contributed by atoms with Crippen molar-refractivity contribution < 1.29 is 14.3 Å². The summed E-state index contributed by atoms with van der Waals surface area (Å²) in [5.41, 5.74) is 1.11. The molecule has 0 N–H and O–H groups in total. The predicted octanol–water partition coefficient (Wildman–Crippen LogP) is 4.89. The van der Waals surface area contributed by atoms with Gasteiger partial charge in [-0.3, -0.25) is 9.59 Å². The minimum absolute atomic E-state index is 0.0467. The standard InChI is InChI=1S/C23H29IO3/c1-3-23-9-8-16-15-7-5-14(25)10-13(15)4-6-17(16)21(23)18-11-19(18)22(23,2)27-20(26)12-24/h4,6,10,15-19,21H,3,5,7-9,11-12H2,1-2H3/t15?,16?,17?,18?,19?,21?,22-,23?/m0/s1. The molecule has 0 spiro atoms. The highest BCUT2D eigenvalue weighted by molar-refractivity contribution is 14.1. The zero-order chi connectivity index (χ0) is 19.0. The van der Waals surface area contributed by atoms with E-state index < -0.39 is 0 Å². The van der Waals surface area contributed by atoms with E-state index in [0.29, 0.717) is 52.1 Å². The van der Waals surface area contributed by atoms with Gasteiger partial charge >= 0.3 is 5.97 Å². The summed E-state index contributed by atoms with van der Waals surface area (Å²) in [6.45, 7) is 4.56. The molecule has 7 unspecified atom stereocenters. The van der Waals surface area contributed by atoms with E-state index in [4.69, 9.17) is 4.74 Å². The minimum Gasteiger partial charge on any atom is -0.458 e. The zero-order valence-electron chi connectivity index (χ0n) is 16.2. The molecule has 0 aromatic rings. The van der Waals surface area contributed by atoms with E-state index in [1.54, 1.807) is 0 Å². The van der Waals surface area contributed by atoms with E-state index in [2.05, 4.69) is 48.6 Å². The van der Waals surface area contributed by atoms with Crippen LogP contribution in [0.3, 0.4) is 0 Å². The third kappa shape index (κ3) is 2.37. The van der Waals surface area contributed by atoms with Crippen LogP contribution in [-0.4, -0.2) is 21.8 Å². The van der Waals surface area contributed by atoms with Crippen LogP contribution in [0.2, 0.25) is 0 Å². The lowest BCUT2D eigenvalue weighted by molar-refractivity contribution is -0.185. The van der Waals surface area contributed by atoms with Crippen LogP contribution >= 0.6 is 22.6 Å². The van der Waals surface area contributed by atoms with E-state index in [-0.39, 0.29) is 17.0 Å². The van der Waals surface area contributed by atoms with Crippen LogP contribution in [0.5, 0.6) is 0 Å². The van der Waals surface area contributed by atoms with Crippen molar-refractivity contribution >= 4 is 34.3 Å². The summed E-state index contributed by atoms with van der Waals surface area (Å²) in [5, 5.41) is 0. The minimum atomic E-state index is -0.295. The number of ketones is 1. The van der Waals surface area contributed by atoms with Gasteiger partial charge < -0.3 is 4.74 Å². The van der Waals surface area contributed by atoms with Crippen molar-refractivity contribution in [1.82, 2.24) is 0 Å². The van der Waals surface area contributed by atoms with Gasteiger partial charge in [0.15, 0.2) is 5.78 Å². The molecule has 5 aliphatic carbocycles. The normalized spacial score (nSPS) is 49.4. The molecule has 5 aliphatic rings. The Morgan fingerprint density at radius 2 is 2.15 bits per heavy atom. The van der Waals surface area contributed by atoms with Gasteiger partial charge in [0.25, 0.3) is 0 Å². The van der Waals surface area contributed by atoms with Crippen molar-refractivity contribution in [2.75, 3.05) is 4.43 Å². The molecule has 0 aliphatic heterocycles.